The van der Waals surface area contributed by atoms with Crippen molar-refractivity contribution in [2.45, 2.75) is 6.92 Å². The summed E-state index contributed by atoms with van der Waals surface area (Å²) in [6.45, 7) is 1.13. The standard InChI is InChI=1S/C9H6F2O3/c1-4-6(10)3-2-5(7(4)11)8(12)9(13)14/h2-3H,1H3,(H,13,14). The van der Waals surface area contributed by atoms with Gasteiger partial charge in [0.1, 0.15) is 11.6 Å². The molecule has 0 aliphatic rings. The molecular formula is C9H6F2O3. The van der Waals surface area contributed by atoms with Crippen LogP contribution in [0.3, 0.4) is 0 Å². The van der Waals surface area contributed by atoms with Gasteiger partial charge in [0.2, 0.25) is 0 Å². The minimum Gasteiger partial charge on any atom is -0.475 e. The average Bonchev–Trinajstić information content (AvgIpc) is 2.13. The summed E-state index contributed by atoms with van der Waals surface area (Å²) in [5.74, 6) is -5.10. The van der Waals surface area contributed by atoms with Crippen molar-refractivity contribution in [1.29, 1.82) is 0 Å². The Labute approximate surface area is 78.0 Å². The van der Waals surface area contributed by atoms with Gasteiger partial charge in [0.25, 0.3) is 5.78 Å². The van der Waals surface area contributed by atoms with Gasteiger partial charge in [0, 0.05) is 5.56 Å². The third-order valence-electron chi connectivity index (χ3n) is 1.76. The fourth-order valence-corrected chi connectivity index (χ4v) is 0.952. The fourth-order valence-electron chi connectivity index (χ4n) is 0.952. The lowest BCUT2D eigenvalue weighted by molar-refractivity contribution is -0.131. The van der Waals surface area contributed by atoms with Crippen molar-refractivity contribution in [2.24, 2.45) is 0 Å². The van der Waals surface area contributed by atoms with Gasteiger partial charge in [-0.1, -0.05) is 0 Å². The number of carboxylic acid groups (broad SMARTS) is 1. The Morgan fingerprint density at radius 3 is 2.36 bits per heavy atom. The Kier molecular flexibility index (Phi) is 2.60. The van der Waals surface area contributed by atoms with Crippen molar-refractivity contribution < 1.29 is 23.5 Å². The monoisotopic (exact) mass is 200 g/mol. The maximum absolute atomic E-state index is 13.1. The molecule has 0 saturated heterocycles. The van der Waals surface area contributed by atoms with Gasteiger partial charge in [-0.15, -0.1) is 0 Å². The van der Waals surface area contributed by atoms with Crippen LogP contribution in [0, 0.1) is 18.6 Å². The van der Waals surface area contributed by atoms with Gasteiger partial charge >= 0.3 is 5.97 Å². The molecule has 0 unspecified atom stereocenters. The molecule has 1 aromatic rings. The molecule has 0 saturated carbocycles. The third-order valence-corrected chi connectivity index (χ3v) is 1.76. The Hall–Kier alpha value is -1.78. The van der Waals surface area contributed by atoms with Crippen LogP contribution in [0.5, 0.6) is 0 Å². The molecule has 14 heavy (non-hydrogen) atoms. The van der Waals surface area contributed by atoms with Crippen molar-refractivity contribution in [3.8, 4) is 0 Å². The van der Waals surface area contributed by atoms with Gasteiger partial charge in [-0.05, 0) is 19.1 Å². The molecule has 3 nitrogen and oxygen atoms in total. The first-order valence-corrected chi connectivity index (χ1v) is 3.67. The van der Waals surface area contributed by atoms with Crippen molar-refractivity contribution >= 4 is 11.8 Å². The van der Waals surface area contributed by atoms with Crippen molar-refractivity contribution in [1.82, 2.24) is 0 Å². The van der Waals surface area contributed by atoms with E-state index < -0.39 is 29.0 Å². The zero-order valence-electron chi connectivity index (χ0n) is 7.17. The maximum atomic E-state index is 13.1. The van der Waals surface area contributed by atoms with Crippen LogP contribution in [-0.2, 0) is 4.79 Å². The lowest BCUT2D eigenvalue weighted by Crippen LogP contribution is -2.15. The molecule has 0 fully saturated rings. The number of carbonyl (C=O) groups is 2. The lowest BCUT2D eigenvalue weighted by Gasteiger charge is -2.02. The van der Waals surface area contributed by atoms with Gasteiger partial charge in [-0.3, -0.25) is 4.79 Å². The quantitative estimate of drug-likeness (QED) is 0.582. The van der Waals surface area contributed by atoms with Crippen molar-refractivity contribution in [3.05, 3.63) is 34.9 Å². The summed E-state index contributed by atoms with van der Waals surface area (Å²) in [4.78, 5) is 21.1. The summed E-state index contributed by atoms with van der Waals surface area (Å²) in [6.07, 6.45) is 0. The second-order valence-corrected chi connectivity index (χ2v) is 2.67. The van der Waals surface area contributed by atoms with Crippen LogP contribution in [0.4, 0.5) is 8.78 Å². The molecule has 0 radical (unpaired) electrons. The van der Waals surface area contributed by atoms with Gasteiger partial charge in [-0.25, -0.2) is 13.6 Å². The Balaban J connectivity index is 3.31. The predicted octanol–water partition coefficient (Wildman–Crippen LogP) is 1.54. The van der Waals surface area contributed by atoms with E-state index in [4.69, 9.17) is 5.11 Å². The largest absolute Gasteiger partial charge is 0.475 e. The minimum atomic E-state index is -1.77. The molecule has 0 spiro atoms. The van der Waals surface area contributed by atoms with E-state index in [0.29, 0.717) is 0 Å². The summed E-state index contributed by atoms with van der Waals surface area (Å²) >= 11 is 0. The van der Waals surface area contributed by atoms with Crippen molar-refractivity contribution in [2.75, 3.05) is 0 Å². The molecular weight excluding hydrogens is 194 g/mol. The molecule has 5 heteroatoms. The van der Waals surface area contributed by atoms with Crippen molar-refractivity contribution in [3.63, 3.8) is 0 Å². The summed E-state index contributed by atoms with van der Waals surface area (Å²) < 4.78 is 25.9. The number of ketones is 1. The minimum absolute atomic E-state index is 0.364. The highest BCUT2D eigenvalue weighted by Gasteiger charge is 2.21. The maximum Gasteiger partial charge on any atom is 0.377 e. The highest BCUT2D eigenvalue weighted by molar-refractivity contribution is 6.39. The second kappa shape index (κ2) is 3.53. The van der Waals surface area contributed by atoms with Crippen LogP contribution in [0.1, 0.15) is 15.9 Å². The number of carboxylic acids is 1. The number of halogens is 2. The molecule has 0 atom stereocenters. The highest BCUT2D eigenvalue weighted by Crippen LogP contribution is 2.16. The first kappa shape index (κ1) is 10.3. The number of carbonyl (C=O) groups excluding carboxylic acids is 1. The molecule has 0 bridgehead atoms. The van der Waals surface area contributed by atoms with Crippen LogP contribution in [0.15, 0.2) is 12.1 Å². The lowest BCUT2D eigenvalue weighted by atomic mass is 10.1. The van der Waals surface area contributed by atoms with E-state index in [1.807, 2.05) is 0 Å². The molecule has 0 aliphatic heterocycles. The summed E-state index contributed by atoms with van der Waals surface area (Å²) in [6, 6.07) is 1.67. The van der Waals surface area contributed by atoms with Crippen LogP contribution >= 0.6 is 0 Å². The summed E-state index contributed by atoms with van der Waals surface area (Å²) in [5, 5.41) is 8.31. The van der Waals surface area contributed by atoms with Crippen LogP contribution in [-0.4, -0.2) is 16.9 Å². The first-order chi connectivity index (χ1) is 6.45. The van der Waals surface area contributed by atoms with E-state index in [-0.39, 0.29) is 5.56 Å². The smallest absolute Gasteiger partial charge is 0.377 e. The van der Waals surface area contributed by atoms with Gasteiger partial charge in [0.05, 0.1) is 5.56 Å². The van der Waals surface area contributed by atoms with E-state index in [2.05, 4.69) is 0 Å². The molecule has 1 rings (SSSR count). The Morgan fingerprint density at radius 2 is 1.86 bits per heavy atom. The Bertz CT molecular complexity index is 413. The van der Waals surface area contributed by atoms with Gasteiger partial charge < -0.3 is 5.11 Å². The van der Waals surface area contributed by atoms with E-state index in [1.54, 1.807) is 0 Å². The number of hydrogen-bond acceptors (Lipinski definition) is 2. The van der Waals surface area contributed by atoms with Crippen LogP contribution in [0.25, 0.3) is 0 Å². The third kappa shape index (κ3) is 1.61. The Morgan fingerprint density at radius 1 is 1.29 bits per heavy atom. The predicted molar refractivity (Wildman–Crippen MR) is 43.1 cm³/mol. The molecule has 1 N–H and O–H groups in total. The normalized spacial score (nSPS) is 9.93. The number of rotatable bonds is 2. The molecule has 1 aromatic carbocycles. The van der Waals surface area contributed by atoms with E-state index in [1.165, 1.54) is 0 Å². The van der Waals surface area contributed by atoms with Gasteiger partial charge in [0.15, 0.2) is 0 Å². The second-order valence-electron chi connectivity index (χ2n) is 2.67. The molecule has 0 aromatic heterocycles. The zero-order valence-corrected chi connectivity index (χ0v) is 7.17. The first-order valence-electron chi connectivity index (χ1n) is 3.67. The topological polar surface area (TPSA) is 54.4 Å². The molecule has 0 heterocycles. The highest BCUT2D eigenvalue weighted by atomic mass is 19.1. The summed E-state index contributed by atoms with van der Waals surface area (Å²) in [7, 11) is 0. The van der Waals surface area contributed by atoms with E-state index in [0.717, 1.165) is 19.1 Å². The molecule has 74 valence electrons. The van der Waals surface area contributed by atoms with Gasteiger partial charge in [-0.2, -0.15) is 0 Å². The molecule has 0 amide bonds. The summed E-state index contributed by atoms with van der Waals surface area (Å²) in [5.41, 5.74) is -0.992. The molecule has 0 aliphatic carbocycles. The van der Waals surface area contributed by atoms with E-state index >= 15 is 0 Å². The fraction of sp³-hybridized carbons (Fsp3) is 0.111. The number of Topliss-reactive ketones (excluding diaryl/α,β-unsaturated/α-hetero) is 1. The average molecular weight is 200 g/mol. The number of benzene rings is 1. The number of hydrogen-bond donors (Lipinski definition) is 1. The van der Waals surface area contributed by atoms with Crippen LogP contribution in [0.2, 0.25) is 0 Å². The van der Waals surface area contributed by atoms with Crippen LogP contribution < -0.4 is 0 Å². The van der Waals surface area contributed by atoms with E-state index in [9.17, 15) is 18.4 Å². The number of aliphatic carboxylic acids is 1. The SMILES string of the molecule is Cc1c(F)ccc(C(=O)C(=O)O)c1F. The zero-order chi connectivity index (χ0) is 10.9.